The SMILES string of the molecule is Cc1cc(C)c(NC(=O)CNC(=O)CCCOc2ccc(S(C)(=O)=O)cc2)c(C)c1. The molecule has 0 heterocycles. The Morgan fingerprint density at radius 2 is 1.57 bits per heavy atom. The highest BCUT2D eigenvalue weighted by Crippen LogP contribution is 2.21. The predicted molar refractivity (Wildman–Crippen MR) is 117 cm³/mol. The van der Waals surface area contributed by atoms with Crippen LogP contribution < -0.4 is 15.4 Å². The van der Waals surface area contributed by atoms with Crippen molar-refractivity contribution in [3.63, 3.8) is 0 Å². The molecule has 0 bridgehead atoms. The number of nitrogens with one attached hydrogen (secondary N) is 2. The van der Waals surface area contributed by atoms with Crippen molar-refractivity contribution >= 4 is 27.3 Å². The molecule has 0 aliphatic carbocycles. The fourth-order valence-corrected chi connectivity index (χ4v) is 3.66. The molecule has 0 saturated heterocycles. The highest BCUT2D eigenvalue weighted by atomic mass is 32.2. The predicted octanol–water partition coefficient (Wildman–Crippen LogP) is 2.93. The van der Waals surface area contributed by atoms with E-state index >= 15 is 0 Å². The lowest BCUT2D eigenvalue weighted by Gasteiger charge is -2.13. The van der Waals surface area contributed by atoms with Gasteiger partial charge in [-0.05, 0) is 62.6 Å². The van der Waals surface area contributed by atoms with Crippen molar-refractivity contribution in [2.75, 3.05) is 24.7 Å². The molecule has 162 valence electrons. The van der Waals surface area contributed by atoms with Crippen LogP contribution in [0.1, 0.15) is 29.5 Å². The summed E-state index contributed by atoms with van der Waals surface area (Å²) in [5.41, 5.74) is 3.86. The standard InChI is InChI=1S/C22H28N2O5S/c1-15-12-16(2)22(17(3)13-15)24-21(26)14-23-20(25)6-5-11-29-18-7-9-19(10-8-18)30(4,27)28/h7-10,12-13H,5-6,11,14H2,1-4H3,(H,23,25)(H,24,26). The summed E-state index contributed by atoms with van der Waals surface area (Å²) in [6.07, 6.45) is 1.83. The smallest absolute Gasteiger partial charge is 0.243 e. The van der Waals surface area contributed by atoms with Gasteiger partial charge in [0.15, 0.2) is 9.84 Å². The van der Waals surface area contributed by atoms with Gasteiger partial charge in [0.05, 0.1) is 18.0 Å². The molecule has 7 nitrogen and oxygen atoms in total. The first-order valence-electron chi connectivity index (χ1n) is 9.63. The number of hydrogen-bond acceptors (Lipinski definition) is 5. The van der Waals surface area contributed by atoms with Crippen LogP contribution in [-0.2, 0) is 19.4 Å². The lowest BCUT2D eigenvalue weighted by molar-refractivity contribution is -0.124. The summed E-state index contributed by atoms with van der Waals surface area (Å²) in [7, 11) is -3.24. The molecule has 0 atom stereocenters. The van der Waals surface area contributed by atoms with Crippen molar-refractivity contribution in [2.24, 2.45) is 0 Å². The molecule has 30 heavy (non-hydrogen) atoms. The number of carbonyl (C=O) groups excluding carboxylic acids is 2. The minimum absolute atomic E-state index is 0.0978. The van der Waals surface area contributed by atoms with Crippen LogP contribution in [0, 0.1) is 20.8 Å². The van der Waals surface area contributed by atoms with Gasteiger partial charge in [0.2, 0.25) is 11.8 Å². The monoisotopic (exact) mass is 432 g/mol. The number of ether oxygens (including phenoxy) is 1. The van der Waals surface area contributed by atoms with Crippen LogP contribution in [0.2, 0.25) is 0 Å². The van der Waals surface area contributed by atoms with E-state index in [4.69, 9.17) is 4.74 Å². The van der Waals surface area contributed by atoms with E-state index in [0.29, 0.717) is 18.8 Å². The Morgan fingerprint density at radius 1 is 0.967 bits per heavy atom. The number of benzene rings is 2. The molecule has 2 N–H and O–H groups in total. The zero-order valence-electron chi connectivity index (χ0n) is 17.7. The molecule has 0 saturated carbocycles. The summed E-state index contributed by atoms with van der Waals surface area (Å²) in [5.74, 6) is 0.0187. The second kappa shape index (κ2) is 10.2. The molecule has 0 aliphatic rings. The number of rotatable bonds is 9. The van der Waals surface area contributed by atoms with Gasteiger partial charge in [-0.2, -0.15) is 0 Å². The molecular weight excluding hydrogens is 404 g/mol. The van der Waals surface area contributed by atoms with E-state index in [1.54, 1.807) is 12.1 Å². The first kappa shape index (κ1) is 23.4. The number of aryl methyl sites for hydroxylation is 3. The number of hydrogen-bond donors (Lipinski definition) is 2. The summed E-state index contributed by atoms with van der Waals surface area (Å²) in [6.45, 7) is 6.07. The third kappa shape index (κ3) is 7.18. The Balaban J connectivity index is 1.69. The van der Waals surface area contributed by atoms with Crippen molar-refractivity contribution < 1.29 is 22.7 Å². The van der Waals surface area contributed by atoms with Crippen LogP contribution in [0.3, 0.4) is 0 Å². The summed E-state index contributed by atoms with van der Waals surface area (Å²) in [6, 6.07) is 10.1. The molecule has 2 rings (SSSR count). The maximum atomic E-state index is 12.1. The van der Waals surface area contributed by atoms with Crippen LogP contribution in [0.4, 0.5) is 5.69 Å². The van der Waals surface area contributed by atoms with Crippen molar-refractivity contribution in [3.05, 3.63) is 53.1 Å². The lowest BCUT2D eigenvalue weighted by atomic mass is 10.1. The van der Waals surface area contributed by atoms with Crippen LogP contribution in [0.15, 0.2) is 41.3 Å². The van der Waals surface area contributed by atoms with Gasteiger partial charge in [0.25, 0.3) is 0 Å². The molecule has 0 unspecified atom stereocenters. The van der Waals surface area contributed by atoms with Gasteiger partial charge in [-0.25, -0.2) is 8.42 Å². The van der Waals surface area contributed by atoms with Crippen molar-refractivity contribution in [1.29, 1.82) is 0 Å². The number of carbonyl (C=O) groups is 2. The molecular formula is C22H28N2O5S. The van der Waals surface area contributed by atoms with Crippen LogP contribution in [0.25, 0.3) is 0 Å². The first-order valence-corrected chi connectivity index (χ1v) is 11.5. The summed E-state index contributed by atoms with van der Waals surface area (Å²) in [5, 5.41) is 5.45. The van der Waals surface area contributed by atoms with Crippen LogP contribution in [0.5, 0.6) is 5.75 Å². The van der Waals surface area contributed by atoms with E-state index in [0.717, 1.165) is 28.6 Å². The second-order valence-electron chi connectivity index (χ2n) is 7.29. The van der Waals surface area contributed by atoms with Gasteiger partial charge in [0.1, 0.15) is 5.75 Å². The largest absolute Gasteiger partial charge is 0.494 e. The van der Waals surface area contributed by atoms with Gasteiger partial charge in [-0.1, -0.05) is 17.7 Å². The van der Waals surface area contributed by atoms with Crippen molar-refractivity contribution in [3.8, 4) is 5.75 Å². The van der Waals surface area contributed by atoms with Crippen LogP contribution >= 0.6 is 0 Å². The summed E-state index contributed by atoms with van der Waals surface area (Å²) < 4.78 is 28.4. The Kier molecular flexibility index (Phi) is 8.00. The Bertz CT molecular complexity index is 991. The zero-order chi connectivity index (χ0) is 22.3. The summed E-state index contributed by atoms with van der Waals surface area (Å²) >= 11 is 0. The molecule has 0 spiro atoms. The van der Waals surface area contributed by atoms with Crippen LogP contribution in [-0.4, -0.2) is 39.6 Å². The van der Waals surface area contributed by atoms with Gasteiger partial charge in [-0.15, -0.1) is 0 Å². The molecule has 8 heteroatoms. The van der Waals surface area contributed by atoms with Crippen molar-refractivity contribution in [1.82, 2.24) is 5.32 Å². The number of amides is 2. The Hall–Kier alpha value is -2.87. The average Bonchev–Trinajstić information content (AvgIpc) is 2.66. The Morgan fingerprint density at radius 3 is 2.13 bits per heavy atom. The highest BCUT2D eigenvalue weighted by molar-refractivity contribution is 7.90. The third-order valence-corrected chi connectivity index (χ3v) is 5.58. The van der Waals surface area contributed by atoms with E-state index in [1.807, 2.05) is 32.9 Å². The maximum Gasteiger partial charge on any atom is 0.243 e. The molecule has 2 aromatic rings. The number of sulfone groups is 1. The van der Waals surface area contributed by atoms with Gasteiger partial charge >= 0.3 is 0 Å². The molecule has 0 aromatic heterocycles. The fourth-order valence-electron chi connectivity index (χ4n) is 3.03. The van der Waals surface area contributed by atoms with Crippen molar-refractivity contribution in [2.45, 2.75) is 38.5 Å². The summed E-state index contributed by atoms with van der Waals surface area (Å²) in [4.78, 5) is 24.3. The van der Waals surface area contributed by atoms with Gasteiger partial charge in [0, 0.05) is 18.4 Å². The Labute approximate surface area is 177 Å². The zero-order valence-corrected chi connectivity index (χ0v) is 18.6. The topological polar surface area (TPSA) is 102 Å². The van der Waals surface area contributed by atoms with E-state index < -0.39 is 9.84 Å². The van der Waals surface area contributed by atoms with Gasteiger partial charge < -0.3 is 15.4 Å². The molecule has 0 radical (unpaired) electrons. The molecule has 0 aliphatic heterocycles. The fraction of sp³-hybridized carbons (Fsp3) is 0.364. The average molecular weight is 433 g/mol. The first-order chi connectivity index (χ1) is 14.1. The molecule has 2 aromatic carbocycles. The second-order valence-corrected chi connectivity index (χ2v) is 9.31. The molecule has 2 amide bonds. The third-order valence-electron chi connectivity index (χ3n) is 4.46. The van der Waals surface area contributed by atoms with Gasteiger partial charge in [-0.3, -0.25) is 9.59 Å². The van der Waals surface area contributed by atoms with E-state index in [-0.39, 0.29) is 29.7 Å². The normalized spacial score (nSPS) is 11.1. The van der Waals surface area contributed by atoms with E-state index in [2.05, 4.69) is 10.6 Å². The minimum atomic E-state index is -3.24. The highest BCUT2D eigenvalue weighted by Gasteiger charge is 2.10. The lowest BCUT2D eigenvalue weighted by Crippen LogP contribution is -2.33. The molecule has 0 fully saturated rings. The quantitative estimate of drug-likeness (QED) is 0.593. The minimum Gasteiger partial charge on any atom is -0.494 e. The van der Waals surface area contributed by atoms with E-state index in [9.17, 15) is 18.0 Å². The maximum absolute atomic E-state index is 12.1. The number of anilines is 1. The van der Waals surface area contributed by atoms with E-state index in [1.165, 1.54) is 12.1 Å².